The van der Waals surface area contributed by atoms with Gasteiger partial charge in [0.05, 0.1) is 7.11 Å². The summed E-state index contributed by atoms with van der Waals surface area (Å²) in [4.78, 5) is 20.4. The summed E-state index contributed by atoms with van der Waals surface area (Å²) < 4.78 is 8.09. The summed E-state index contributed by atoms with van der Waals surface area (Å²) in [5.41, 5.74) is 0. The Morgan fingerprint density at radius 3 is 2.33 bits per heavy atom. The molecule has 0 atom stereocenters. The van der Waals surface area contributed by atoms with Crippen molar-refractivity contribution in [3.63, 3.8) is 0 Å². The lowest BCUT2D eigenvalue weighted by Crippen LogP contribution is -2.10. The highest BCUT2D eigenvalue weighted by atomic mass is 16.7. The van der Waals surface area contributed by atoms with Gasteiger partial charge < -0.3 is 9.47 Å². The van der Waals surface area contributed by atoms with Crippen LogP contribution in [-0.2, 0) is 14.3 Å². The summed E-state index contributed by atoms with van der Waals surface area (Å²) in [5, 5.41) is 0. The zero-order chi connectivity index (χ0) is 7.28. The van der Waals surface area contributed by atoms with Gasteiger partial charge in [0.1, 0.15) is 0 Å². The van der Waals surface area contributed by atoms with Crippen LogP contribution in [0.25, 0.3) is 0 Å². The Labute approximate surface area is 52.7 Å². The monoisotopic (exact) mass is 132 g/mol. The van der Waals surface area contributed by atoms with Crippen molar-refractivity contribution >= 4 is 12.1 Å². The topological polar surface area (TPSA) is 52.6 Å². The molecule has 4 heteroatoms. The minimum atomic E-state index is -0.957. The summed E-state index contributed by atoms with van der Waals surface area (Å²) in [6, 6.07) is 0. The van der Waals surface area contributed by atoms with Gasteiger partial charge in [-0.3, -0.25) is 4.79 Å². The van der Waals surface area contributed by atoms with E-state index in [0.717, 1.165) is 7.11 Å². The molecular formula is C5H8O4. The maximum Gasteiger partial charge on any atom is 0.515 e. The van der Waals surface area contributed by atoms with E-state index in [4.69, 9.17) is 0 Å². The maximum absolute atomic E-state index is 10.3. The molecular weight excluding hydrogens is 124 g/mol. The summed E-state index contributed by atoms with van der Waals surface area (Å²) in [7, 11) is 1.14. The molecule has 0 unspecified atom stereocenters. The lowest BCUT2D eigenvalue weighted by Gasteiger charge is -1.95. The van der Waals surface area contributed by atoms with E-state index < -0.39 is 12.1 Å². The minimum Gasteiger partial charge on any atom is -0.437 e. The number of ether oxygens (including phenoxy) is 2. The molecule has 0 saturated carbocycles. The largest absolute Gasteiger partial charge is 0.515 e. The predicted octanol–water partition coefficient (Wildman–Crippen LogP) is 0.706. The molecule has 0 aliphatic rings. The van der Waals surface area contributed by atoms with Crippen molar-refractivity contribution in [1.82, 2.24) is 0 Å². The van der Waals surface area contributed by atoms with E-state index >= 15 is 0 Å². The van der Waals surface area contributed by atoms with Crippen LogP contribution in [0.5, 0.6) is 0 Å². The first-order chi connectivity index (χ1) is 4.20. The van der Waals surface area contributed by atoms with Crippen LogP contribution in [0.15, 0.2) is 0 Å². The Balaban J connectivity index is 3.47. The van der Waals surface area contributed by atoms with E-state index in [1.807, 2.05) is 0 Å². The quantitative estimate of drug-likeness (QED) is 0.389. The Bertz CT molecular complexity index is 104. The fourth-order valence-corrected chi connectivity index (χ4v) is 0.207. The van der Waals surface area contributed by atoms with Crippen LogP contribution >= 0.6 is 0 Å². The zero-order valence-electron chi connectivity index (χ0n) is 5.34. The van der Waals surface area contributed by atoms with Crippen molar-refractivity contribution in [1.29, 1.82) is 0 Å². The first-order valence-electron chi connectivity index (χ1n) is 2.49. The molecule has 9 heavy (non-hydrogen) atoms. The van der Waals surface area contributed by atoms with Crippen molar-refractivity contribution < 1.29 is 19.1 Å². The van der Waals surface area contributed by atoms with Crippen molar-refractivity contribution in [2.75, 3.05) is 7.11 Å². The highest BCUT2D eigenvalue weighted by molar-refractivity contribution is 5.81. The number of methoxy groups -OCH3 is 1. The van der Waals surface area contributed by atoms with Crippen LogP contribution in [0.2, 0.25) is 0 Å². The standard InChI is InChI=1S/C5H8O4/c1-3-4(6)9-5(7)8-2/h3H2,1-2H3. The molecule has 0 bridgehead atoms. The van der Waals surface area contributed by atoms with Crippen LogP contribution < -0.4 is 0 Å². The minimum absolute atomic E-state index is 0.176. The van der Waals surface area contributed by atoms with Crippen molar-refractivity contribution in [2.45, 2.75) is 13.3 Å². The first kappa shape index (κ1) is 7.94. The summed E-state index contributed by atoms with van der Waals surface area (Å²) >= 11 is 0. The number of hydrogen-bond donors (Lipinski definition) is 0. The summed E-state index contributed by atoms with van der Waals surface area (Å²) in [6.07, 6.45) is -0.781. The van der Waals surface area contributed by atoms with Crippen LogP contribution in [0.3, 0.4) is 0 Å². The van der Waals surface area contributed by atoms with Gasteiger partial charge in [-0.2, -0.15) is 0 Å². The van der Waals surface area contributed by atoms with E-state index in [0.29, 0.717) is 0 Å². The fourth-order valence-electron chi connectivity index (χ4n) is 0.207. The van der Waals surface area contributed by atoms with Gasteiger partial charge in [-0.1, -0.05) is 6.92 Å². The number of carbonyl (C=O) groups is 2. The van der Waals surface area contributed by atoms with Crippen LogP contribution in [0.1, 0.15) is 13.3 Å². The highest BCUT2D eigenvalue weighted by Gasteiger charge is 2.05. The molecule has 4 nitrogen and oxygen atoms in total. The van der Waals surface area contributed by atoms with Crippen molar-refractivity contribution in [2.24, 2.45) is 0 Å². The lowest BCUT2D eigenvalue weighted by atomic mass is 10.5. The second-order valence-electron chi connectivity index (χ2n) is 1.28. The van der Waals surface area contributed by atoms with Gasteiger partial charge in [0.15, 0.2) is 0 Å². The van der Waals surface area contributed by atoms with Gasteiger partial charge in [0.25, 0.3) is 0 Å². The number of rotatable bonds is 1. The van der Waals surface area contributed by atoms with Crippen LogP contribution in [0, 0.1) is 0 Å². The molecule has 0 N–H and O–H groups in total. The van der Waals surface area contributed by atoms with Gasteiger partial charge in [-0.05, 0) is 0 Å². The zero-order valence-corrected chi connectivity index (χ0v) is 5.34. The average Bonchev–Trinajstić information content (AvgIpc) is 1.87. The molecule has 0 aliphatic carbocycles. The third kappa shape index (κ3) is 3.52. The molecule has 0 aromatic carbocycles. The Kier molecular flexibility index (Phi) is 3.43. The molecule has 52 valence electrons. The van der Waals surface area contributed by atoms with Gasteiger partial charge >= 0.3 is 12.1 Å². The molecule has 0 rings (SSSR count). The van der Waals surface area contributed by atoms with E-state index in [1.54, 1.807) is 6.92 Å². The third-order valence-electron chi connectivity index (χ3n) is 0.653. The van der Waals surface area contributed by atoms with Crippen molar-refractivity contribution in [3.05, 3.63) is 0 Å². The second kappa shape index (κ2) is 3.88. The molecule has 0 saturated heterocycles. The fraction of sp³-hybridized carbons (Fsp3) is 0.600. The van der Waals surface area contributed by atoms with Gasteiger partial charge in [0, 0.05) is 6.42 Å². The third-order valence-corrected chi connectivity index (χ3v) is 0.653. The van der Waals surface area contributed by atoms with Crippen LogP contribution in [0.4, 0.5) is 4.79 Å². The first-order valence-corrected chi connectivity index (χ1v) is 2.49. The molecule has 0 heterocycles. The Hall–Kier alpha value is -1.06. The maximum atomic E-state index is 10.3. The Morgan fingerprint density at radius 1 is 1.44 bits per heavy atom. The predicted molar refractivity (Wildman–Crippen MR) is 28.8 cm³/mol. The Morgan fingerprint density at radius 2 is 2.00 bits per heavy atom. The molecule has 0 radical (unpaired) electrons. The second-order valence-corrected chi connectivity index (χ2v) is 1.28. The number of hydrogen-bond acceptors (Lipinski definition) is 4. The van der Waals surface area contributed by atoms with E-state index in [2.05, 4.69) is 9.47 Å². The van der Waals surface area contributed by atoms with Gasteiger partial charge in [0.2, 0.25) is 0 Å². The molecule has 0 aliphatic heterocycles. The molecule has 0 fully saturated rings. The van der Waals surface area contributed by atoms with E-state index in [1.165, 1.54) is 0 Å². The molecule has 0 spiro atoms. The lowest BCUT2D eigenvalue weighted by molar-refractivity contribution is -0.139. The summed E-state index contributed by atoms with van der Waals surface area (Å²) in [5.74, 6) is -0.582. The molecule has 0 amide bonds. The van der Waals surface area contributed by atoms with E-state index in [9.17, 15) is 9.59 Å². The number of carbonyl (C=O) groups excluding carboxylic acids is 2. The number of esters is 1. The van der Waals surface area contributed by atoms with Crippen molar-refractivity contribution in [3.8, 4) is 0 Å². The van der Waals surface area contributed by atoms with Gasteiger partial charge in [-0.25, -0.2) is 4.79 Å². The highest BCUT2D eigenvalue weighted by Crippen LogP contribution is 1.86. The smallest absolute Gasteiger partial charge is 0.437 e. The summed E-state index contributed by atoms with van der Waals surface area (Å²) in [6.45, 7) is 1.59. The van der Waals surface area contributed by atoms with Crippen LogP contribution in [-0.4, -0.2) is 19.2 Å². The SMILES string of the molecule is CCC(=O)OC(=O)OC. The molecule has 0 aromatic heterocycles. The van der Waals surface area contributed by atoms with E-state index in [-0.39, 0.29) is 6.42 Å². The normalized spacial score (nSPS) is 8.22. The molecule has 0 aromatic rings. The average molecular weight is 132 g/mol. The van der Waals surface area contributed by atoms with Gasteiger partial charge in [-0.15, -0.1) is 0 Å².